The second-order valence-electron chi connectivity index (χ2n) is 7.56. The largest absolute Gasteiger partial charge is 0.465 e. The molecule has 1 amide bonds. The van der Waals surface area contributed by atoms with Gasteiger partial charge in [-0.2, -0.15) is 0 Å². The molecule has 2 heterocycles. The number of carboxylic acid groups (broad SMARTS) is 1. The molecule has 1 aliphatic rings. The Morgan fingerprint density at radius 2 is 1.89 bits per heavy atom. The topological polar surface area (TPSA) is 56.7 Å². The Morgan fingerprint density at radius 3 is 2.61 bits per heavy atom. The summed E-state index contributed by atoms with van der Waals surface area (Å²) < 4.78 is 0. The van der Waals surface area contributed by atoms with Gasteiger partial charge in [0, 0.05) is 29.5 Å². The number of rotatable bonds is 4. The van der Waals surface area contributed by atoms with E-state index in [0.29, 0.717) is 11.6 Å². The molecule has 1 unspecified atom stereocenters. The van der Waals surface area contributed by atoms with Crippen LogP contribution in [-0.4, -0.2) is 28.9 Å². The molecule has 1 aromatic heterocycles. The van der Waals surface area contributed by atoms with E-state index < -0.39 is 6.09 Å². The minimum Gasteiger partial charge on any atom is -0.465 e. The van der Waals surface area contributed by atoms with Crippen molar-refractivity contribution >= 4 is 28.4 Å². The second-order valence-corrected chi connectivity index (χ2v) is 7.56. The highest BCUT2D eigenvalue weighted by molar-refractivity contribution is 5.93. The fraction of sp³-hybridized carbons (Fsp3) is 0.304. The molecule has 1 aliphatic heterocycles. The maximum atomic E-state index is 12.2. The normalized spacial score (nSPS) is 16.7. The molecule has 28 heavy (non-hydrogen) atoms. The minimum atomic E-state index is -0.924. The molecule has 144 valence electrons. The number of aromatic nitrogens is 1. The van der Waals surface area contributed by atoms with Crippen LogP contribution in [-0.2, 0) is 0 Å². The molecule has 1 fully saturated rings. The van der Waals surface area contributed by atoms with Crippen LogP contribution in [0.1, 0.15) is 38.2 Å². The average molecular weight is 375 g/mol. The summed E-state index contributed by atoms with van der Waals surface area (Å²) in [7, 11) is 0. The molecule has 0 bridgehead atoms. The number of amides is 1. The van der Waals surface area contributed by atoms with Gasteiger partial charge in [0.15, 0.2) is 0 Å². The lowest BCUT2D eigenvalue weighted by molar-refractivity contribution is 0.199. The quantitative estimate of drug-likeness (QED) is 0.657. The van der Waals surface area contributed by atoms with Gasteiger partial charge in [-0.25, -0.2) is 4.79 Å². The number of anilines is 2. The van der Waals surface area contributed by atoms with E-state index in [2.05, 4.69) is 29.8 Å². The predicted octanol–water partition coefficient (Wildman–Crippen LogP) is 5.47. The van der Waals surface area contributed by atoms with E-state index in [4.69, 9.17) is 0 Å². The van der Waals surface area contributed by atoms with Crippen LogP contribution in [0.5, 0.6) is 0 Å². The van der Waals surface area contributed by atoms with E-state index in [0.717, 1.165) is 36.0 Å². The molecule has 0 radical (unpaired) electrons. The second kappa shape index (κ2) is 7.50. The van der Waals surface area contributed by atoms with E-state index in [9.17, 15) is 9.90 Å². The van der Waals surface area contributed by atoms with Crippen molar-refractivity contribution in [3.05, 3.63) is 66.4 Å². The fourth-order valence-corrected chi connectivity index (χ4v) is 4.06. The van der Waals surface area contributed by atoms with Crippen LogP contribution in [0.3, 0.4) is 0 Å². The Hall–Kier alpha value is -3.08. The molecule has 2 aromatic carbocycles. The molecule has 0 spiro atoms. The highest BCUT2D eigenvalue weighted by Crippen LogP contribution is 2.35. The van der Waals surface area contributed by atoms with Gasteiger partial charge in [-0.15, -0.1) is 0 Å². The summed E-state index contributed by atoms with van der Waals surface area (Å²) in [5, 5.41) is 11.1. The fourth-order valence-electron chi connectivity index (χ4n) is 4.06. The summed E-state index contributed by atoms with van der Waals surface area (Å²) in [5.41, 5.74) is 3.89. The molecule has 1 saturated heterocycles. The van der Waals surface area contributed by atoms with Crippen LogP contribution in [0.2, 0.25) is 0 Å². The number of benzene rings is 2. The van der Waals surface area contributed by atoms with E-state index in [-0.39, 0.29) is 6.17 Å². The Morgan fingerprint density at radius 1 is 1.14 bits per heavy atom. The van der Waals surface area contributed by atoms with Gasteiger partial charge in [-0.3, -0.25) is 9.88 Å². The lowest BCUT2D eigenvalue weighted by Crippen LogP contribution is -2.48. The van der Waals surface area contributed by atoms with Crippen molar-refractivity contribution in [3.63, 3.8) is 0 Å². The van der Waals surface area contributed by atoms with E-state index >= 15 is 0 Å². The molecule has 0 saturated carbocycles. The zero-order valence-electron chi connectivity index (χ0n) is 16.2. The maximum absolute atomic E-state index is 12.2. The Bertz CT molecular complexity index is 979. The van der Waals surface area contributed by atoms with Crippen molar-refractivity contribution in [3.8, 4) is 0 Å². The predicted molar refractivity (Wildman–Crippen MR) is 113 cm³/mol. The van der Waals surface area contributed by atoms with Gasteiger partial charge >= 0.3 is 6.09 Å². The van der Waals surface area contributed by atoms with Gasteiger partial charge in [0.2, 0.25) is 0 Å². The minimum absolute atomic E-state index is 0.229. The monoisotopic (exact) mass is 375 g/mol. The zero-order chi connectivity index (χ0) is 19.7. The van der Waals surface area contributed by atoms with E-state index in [1.165, 1.54) is 10.5 Å². The van der Waals surface area contributed by atoms with Crippen molar-refractivity contribution in [2.24, 2.45) is 0 Å². The first-order valence-corrected chi connectivity index (χ1v) is 9.79. The standard InChI is InChI=1S/C23H25N3O2/c1-16(2)17-9-11-18(12-10-17)26(23(27)28)22-8-5-15-25(22)21-13-14-24-20-7-4-3-6-19(20)21/h3-4,6-7,9-14,16,22H,5,8,15H2,1-2H3,(H,27,28). The lowest BCUT2D eigenvalue weighted by atomic mass is 10.0. The van der Waals surface area contributed by atoms with Gasteiger partial charge in [0.25, 0.3) is 0 Å². The third-order valence-electron chi connectivity index (χ3n) is 5.50. The lowest BCUT2D eigenvalue weighted by Gasteiger charge is -2.35. The Balaban J connectivity index is 1.73. The number of para-hydroxylation sites is 1. The third kappa shape index (κ3) is 3.28. The Kier molecular flexibility index (Phi) is 4.90. The molecule has 3 aromatic rings. The van der Waals surface area contributed by atoms with Gasteiger partial charge in [0.1, 0.15) is 6.17 Å². The summed E-state index contributed by atoms with van der Waals surface area (Å²) in [6.45, 7) is 5.10. The first kappa shape index (κ1) is 18.3. The van der Waals surface area contributed by atoms with Crippen LogP contribution >= 0.6 is 0 Å². The summed E-state index contributed by atoms with van der Waals surface area (Å²) in [4.78, 5) is 20.4. The van der Waals surface area contributed by atoms with E-state index in [1.807, 2.05) is 48.5 Å². The summed E-state index contributed by atoms with van der Waals surface area (Å²) >= 11 is 0. The molecular formula is C23H25N3O2. The van der Waals surface area contributed by atoms with Crippen LogP contribution in [0, 0.1) is 0 Å². The molecule has 5 heteroatoms. The van der Waals surface area contributed by atoms with Crippen molar-refractivity contribution in [2.45, 2.75) is 38.8 Å². The highest BCUT2D eigenvalue weighted by Gasteiger charge is 2.34. The van der Waals surface area contributed by atoms with Gasteiger partial charge < -0.3 is 10.0 Å². The van der Waals surface area contributed by atoms with Gasteiger partial charge in [-0.1, -0.05) is 44.2 Å². The number of pyridine rings is 1. The Labute approximate surface area is 165 Å². The number of hydrogen-bond donors (Lipinski definition) is 1. The van der Waals surface area contributed by atoms with Crippen molar-refractivity contribution in [1.82, 2.24) is 4.98 Å². The highest BCUT2D eigenvalue weighted by atomic mass is 16.4. The first-order valence-electron chi connectivity index (χ1n) is 9.79. The average Bonchev–Trinajstić information content (AvgIpc) is 3.17. The molecule has 4 rings (SSSR count). The van der Waals surface area contributed by atoms with E-state index in [1.54, 1.807) is 6.20 Å². The van der Waals surface area contributed by atoms with Crippen LogP contribution in [0.15, 0.2) is 60.8 Å². The number of nitrogens with zero attached hydrogens (tertiary/aromatic N) is 3. The smallest absolute Gasteiger partial charge is 0.413 e. The first-order chi connectivity index (χ1) is 13.6. The summed E-state index contributed by atoms with van der Waals surface area (Å²) in [6.07, 6.45) is 2.40. The molecule has 5 nitrogen and oxygen atoms in total. The zero-order valence-corrected chi connectivity index (χ0v) is 16.2. The number of hydrogen-bond acceptors (Lipinski definition) is 3. The van der Waals surface area contributed by atoms with Crippen LogP contribution in [0.25, 0.3) is 10.9 Å². The molecule has 1 N–H and O–H groups in total. The number of carbonyl (C=O) groups is 1. The van der Waals surface area contributed by atoms with Crippen molar-refractivity contribution in [2.75, 3.05) is 16.3 Å². The van der Waals surface area contributed by atoms with Crippen LogP contribution < -0.4 is 9.80 Å². The van der Waals surface area contributed by atoms with Gasteiger partial charge in [0.05, 0.1) is 5.52 Å². The third-order valence-corrected chi connectivity index (χ3v) is 5.50. The number of fused-ring (bicyclic) bond motifs is 1. The summed E-state index contributed by atoms with van der Waals surface area (Å²) in [5.74, 6) is 0.415. The molecule has 0 aliphatic carbocycles. The molecule has 1 atom stereocenters. The van der Waals surface area contributed by atoms with Crippen LogP contribution in [0.4, 0.5) is 16.2 Å². The van der Waals surface area contributed by atoms with Crippen molar-refractivity contribution < 1.29 is 9.90 Å². The maximum Gasteiger partial charge on any atom is 0.413 e. The van der Waals surface area contributed by atoms with Crippen molar-refractivity contribution in [1.29, 1.82) is 0 Å². The van der Waals surface area contributed by atoms with Gasteiger partial charge in [-0.05, 0) is 48.6 Å². The SMILES string of the molecule is CC(C)c1ccc(N(C(=O)O)C2CCCN2c2ccnc3ccccc23)cc1. The summed E-state index contributed by atoms with van der Waals surface area (Å²) in [6, 6.07) is 17.9. The molecular weight excluding hydrogens is 350 g/mol.